The van der Waals surface area contributed by atoms with Gasteiger partial charge < -0.3 is 30.3 Å². The lowest BCUT2D eigenvalue weighted by molar-refractivity contribution is -0.191. The zero-order chi connectivity index (χ0) is 29.9. The number of ketones is 1. The number of aliphatic hydroxyl groups excluding tert-OH is 2. The molecule has 12 nitrogen and oxygen atoms in total. The smallest absolute Gasteiger partial charge is 0.416 e. The average molecular weight is 566 g/mol. The Balaban J connectivity index is 1.71. The maximum atomic E-state index is 13.4. The summed E-state index contributed by atoms with van der Waals surface area (Å²) >= 11 is 0. The van der Waals surface area contributed by atoms with Crippen LogP contribution in [0.3, 0.4) is 0 Å². The summed E-state index contributed by atoms with van der Waals surface area (Å²) in [5, 5.41) is 26.7. The number of amides is 4. The van der Waals surface area contributed by atoms with Crippen LogP contribution in [0.4, 0.5) is 9.59 Å². The number of ether oxygens (including phenoxy) is 2. The van der Waals surface area contributed by atoms with Crippen LogP contribution in [0.25, 0.3) is 0 Å². The number of nitrogens with one attached hydrogen (secondary N) is 3. The number of hydrogen-bond donors (Lipinski definition) is 5. The van der Waals surface area contributed by atoms with E-state index in [2.05, 4.69) is 24.1 Å². The summed E-state index contributed by atoms with van der Waals surface area (Å²) in [6.45, 7) is 11.0. The van der Waals surface area contributed by atoms with Gasteiger partial charge in [0.1, 0.15) is 18.5 Å². The molecule has 1 unspecified atom stereocenters. The van der Waals surface area contributed by atoms with Crippen molar-refractivity contribution in [2.24, 2.45) is 34.0 Å². The first kappa shape index (κ1) is 31.5. The van der Waals surface area contributed by atoms with E-state index in [9.17, 15) is 29.1 Å². The molecule has 3 aliphatic carbocycles. The zero-order valence-corrected chi connectivity index (χ0v) is 23.8. The van der Waals surface area contributed by atoms with Crippen LogP contribution in [0.2, 0.25) is 0 Å². The molecule has 0 aromatic rings. The van der Waals surface area contributed by atoms with Gasteiger partial charge in [-0.2, -0.15) is 0 Å². The van der Waals surface area contributed by atoms with Gasteiger partial charge in [-0.05, 0) is 42.9 Å². The van der Waals surface area contributed by atoms with Gasteiger partial charge >= 0.3 is 24.0 Å². The van der Waals surface area contributed by atoms with Crippen molar-refractivity contribution in [1.29, 1.82) is 0 Å². The predicted molar refractivity (Wildman–Crippen MR) is 143 cm³/mol. The van der Waals surface area contributed by atoms with Crippen molar-refractivity contribution in [2.45, 2.75) is 72.0 Å². The van der Waals surface area contributed by atoms with E-state index in [0.29, 0.717) is 12.8 Å². The van der Waals surface area contributed by atoms with Crippen LogP contribution in [0.15, 0.2) is 12.7 Å². The second-order valence-electron chi connectivity index (χ2n) is 12.0. The lowest BCUT2D eigenvalue weighted by Crippen LogP contribution is -2.63. The van der Waals surface area contributed by atoms with E-state index in [-0.39, 0.29) is 50.3 Å². The zero-order valence-electron chi connectivity index (χ0n) is 23.8. The molecule has 12 heteroatoms. The highest BCUT2D eigenvalue weighted by molar-refractivity contribution is 6.35. The Morgan fingerprint density at radius 1 is 1.07 bits per heavy atom. The van der Waals surface area contributed by atoms with Crippen molar-refractivity contribution < 1.29 is 43.7 Å². The summed E-state index contributed by atoms with van der Waals surface area (Å²) < 4.78 is 10.8. The van der Waals surface area contributed by atoms with Crippen molar-refractivity contribution in [3.8, 4) is 0 Å². The maximum Gasteiger partial charge on any atom is 0.416 e. The van der Waals surface area contributed by atoms with Crippen LogP contribution >= 0.6 is 0 Å². The van der Waals surface area contributed by atoms with Crippen molar-refractivity contribution in [3.05, 3.63) is 12.7 Å². The minimum absolute atomic E-state index is 0.0344. The molecule has 0 saturated heterocycles. The molecular weight excluding hydrogens is 522 g/mol. The Labute approximate surface area is 234 Å². The fraction of sp³-hybridized carbons (Fsp3) is 0.750. The van der Waals surface area contributed by atoms with Crippen LogP contribution in [0, 0.1) is 34.0 Å². The highest BCUT2D eigenvalue weighted by atomic mass is 16.6. The lowest BCUT2D eigenvalue weighted by atomic mass is 9.44. The molecule has 5 N–H and O–H groups in total. The Morgan fingerprint density at radius 2 is 1.73 bits per heavy atom. The summed E-state index contributed by atoms with van der Waals surface area (Å²) in [7, 11) is 0. The summed E-state index contributed by atoms with van der Waals surface area (Å²) in [5.41, 5.74) is -1.96. The number of carbonyl (C=O) groups is 5. The predicted octanol–water partition coefficient (Wildman–Crippen LogP) is 1.44. The molecule has 4 amide bonds. The number of aliphatic hydroxyl groups is 2. The molecule has 0 radical (unpaired) electrons. The highest BCUT2D eigenvalue weighted by Crippen LogP contribution is 2.67. The van der Waals surface area contributed by atoms with Gasteiger partial charge in [-0.25, -0.2) is 14.9 Å². The van der Waals surface area contributed by atoms with Gasteiger partial charge in [-0.1, -0.05) is 33.8 Å². The first-order valence-corrected chi connectivity index (χ1v) is 13.9. The molecule has 40 heavy (non-hydrogen) atoms. The van der Waals surface area contributed by atoms with Crippen molar-refractivity contribution in [2.75, 3.05) is 26.3 Å². The summed E-state index contributed by atoms with van der Waals surface area (Å²) in [5.74, 6) is -2.31. The first-order chi connectivity index (χ1) is 18.8. The quantitative estimate of drug-likeness (QED) is 0.173. The first-order valence-electron chi connectivity index (χ1n) is 13.9. The number of Topliss-reactive ketones (excluding diaryl/α,β-unsaturated/α-hetero) is 1. The second-order valence-corrected chi connectivity index (χ2v) is 12.0. The molecular formula is C28H43N3O9. The normalized spacial score (nSPS) is 36.8. The molecule has 0 heterocycles. The Kier molecular flexibility index (Phi) is 9.66. The van der Waals surface area contributed by atoms with Crippen molar-refractivity contribution in [1.82, 2.24) is 16.0 Å². The van der Waals surface area contributed by atoms with E-state index in [4.69, 9.17) is 14.6 Å². The molecule has 2 bridgehead atoms. The van der Waals surface area contributed by atoms with Crippen LogP contribution in [-0.4, -0.2) is 78.5 Å². The summed E-state index contributed by atoms with van der Waals surface area (Å²) in [6.07, 6.45) is 0.846. The third-order valence-corrected chi connectivity index (χ3v) is 9.98. The average Bonchev–Trinajstić information content (AvgIpc) is 3.27. The molecule has 8 atom stereocenters. The highest BCUT2D eigenvalue weighted by Gasteiger charge is 2.68. The lowest BCUT2D eigenvalue weighted by Gasteiger charge is -2.61. The third-order valence-electron chi connectivity index (χ3n) is 9.98. The summed E-state index contributed by atoms with van der Waals surface area (Å²) in [6, 6.07) is 0. The number of rotatable bonds is 7. The standard InChI is InChI=1S/C28H43N3O9/c1-6-26(4)15-19(40-25(38)31-24(37)39-14-12-30-23(36)22(35)29-11-13-32)27(5)16(2)7-9-28(17(3)21(26)34)10-8-18(33)20(27)28/h6,16-17,19-21,32,34H,1,7-15H2,2-5H3,(H,29,35)(H,30,36)(H,31,37,38)/t16?,17-,19+,20-,21-,26+,27+,28-/m0/s1. The molecule has 3 aliphatic rings. The maximum absolute atomic E-state index is 13.4. The number of hydrogen-bond acceptors (Lipinski definition) is 9. The molecule has 0 spiro atoms. The topological polar surface area (TPSA) is 180 Å². The minimum atomic E-state index is -1.11. The molecule has 0 aromatic carbocycles. The van der Waals surface area contributed by atoms with Gasteiger partial charge in [0.25, 0.3) is 0 Å². The van der Waals surface area contributed by atoms with Crippen LogP contribution < -0.4 is 16.0 Å². The van der Waals surface area contributed by atoms with E-state index < -0.39 is 58.4 Å². The van der Waals surface area contributed by atoms with E-state index in [1.807, 2.05) is 26.1 Å². The summed E-state index contributed by atoms with van der Waals surface area (Å²) in [4.78, 5) is 61.7. The monoisotopic (exact) mass is 565 g/mol. The molecule has 3 saturated carbocycles. The van der Waals surface area contributed by atoms with Gasteiger partial charge in [-0.3, -0.25) is 14.4 Å². The Bertz CT molecular complexity index is 1030. The second kappa shape index (κ2) is 12.3. The number of imide groups is 1. The minimum Gasteiger partial charge on any atom is -0.447 e. The van der Waals surface area contributed by atoms with Gasteiger partial charge in [0.05, 0.1) is 19.3 Å². The Morgan fingerprint density at radius 3 is 2.35 bits per heavy atom. The van der Waals surface area contributed by atoms with Gasteiger partial charge in [0.15, 0.2) is 0 Å². The Hall–Kier alpha value is -2.99. The van der Waals surface area contributed by atoms with Crippen LogP contribution in [0.5, 0.6) is 0 Å². The molecule has 3 rings (SSSR count). The van der Waals surface area contributed by atoms with Gasteiger partial charge in [-0.15, -0.1) is 6.58 Å². The molecule has 0 aromatic heterocycles. The largest absolute Gasteiger partial charge is 0.447 e. The number of alkyl carbamates (subject to hydrolysis) is 2. The SMILES string of the molecule is C=C[C@]1(C)C[C@@H](OC(=O)NC(=O)OCCNC(=O)C(=O)NCCO)[C@@]2(C)C(C)CC[C@]3(CCC(=O)[C@H]32)[C@@H](C)[C@@H]1O. The van der Waals surface area contributed by atoms with E-state index >= 15 is 0 Å². The third kappa shape index (κ3) is 5.74. The molecule has 0 aliphatic heterocycles. The van der Waals surface area contributed by atoms with E-state index in [0.717, 1.165) is 12.8 Å². The van der Waals surface area contributed by atoms with Crippen molar-refractivity contribution in [3.63, 3.8) is 0 Å². The van der Waals surface area contributed by atoms with Crippen LogP contribution in [-0.2, 0) is 23.9 Å². The molecule has 3 fully saturated rings. The molecule has 224 valence electrons. The van der Waals surface area contributed by atoms with Crippen LogP contribution in [0.1, 0.15) is 59.8 Å². The fourth-order valence-electron chi connectivity index (χ4n) is 7.42. The fourth-order valence-corrected chi connectivity index (χ4v) is 7.42. The van der Waals surface area contributed by atoms with Gasteiger partial charge in [0, 0.05) is 29.7 Å². The number of carbonyl (C=O) groups excluding carboxylic acids is 5. The van der Waals surface area contributed by atoms with E-state index in [1.165, 1.54) is 0 Å². The van der Waals surface area contributed by atoms with E-state index in [1.54, 1.807) is 6.08 Å². The van der Waals surface area contributed by atoms with Gasteiger partial charge in [0.2, 0.25) is 0 Å². The van der Waals surface area contributed by atoms with Crippen molar-refractivity contribution >= 4 is 29.8 Å².